The Hall–Kier alpha value is -2.27. The number of primary amides is 1. The zero-order valence-electron chi connectivity index (χ0n) is 15.6. The van der Waals surface area contributed by atoms with E-state index in [0.717, 1.165) is 0 Å². The zero-order valence-corrected chi connectivity index (χ0v) is 15.6. The second kappa shape index (κ2) is 8.82. The molecule has 0 aromatic carbocycles. The van der Waals surface area contributed by atoms with Crippen molar-refractivity contribution in [2.45, 2.75) is 56.9 Å². The largest absolute Gasteiger partial charge is 0.622 e. The lowest BCUT2D eigenvalue weighted by atomic mass is 9.86. The molecule has 28 heavy (non-hydrogen) atoms. The van der Waals surface area contributed by atoms with Crippen LogP contribution in [0.3, 0.4) is 0 Å². The van der Waals surface area contributed by atoms with Gasteiger partial charge in [-0.1, -0.05) is 25.8 Å². The molecule has 10 heteroatoms. The Morgan fingerprint density at radius 2 is 2.29 bits per heavy atom. The van der Waals surface area contributed by atoms with Crippen molar-refractivity contribution in [3.63, 3.8) is 0 Å². The minimum atomic E-state index is -2.25. The van der Waals surface area contributed by atoms with Gasteiger partial charge in [-0.2, -0.15) is 9.87 Å². The van der Waals surface area contributed by atoms with Gasteiger partial charge in [0, 0.05) is 19.0 Å². The third-order valence-electron chi connectivity index (χ3n) is 5.44. The highest BCUT2D eigenvalue weighted by Crippen LogP contribution is 2.49. The summed E-state index contributed by atoms with van der Waals surface area (Å²) in [4.78, 5) is 41.1. The number of alkyl halides is 1. The molecule has 1 fully saturated rings. The molecule has 0 spiro atoms. The van der Waals surface area contributed by atoms with E-state index < -0.39 is 40.3 Å². The van der Waals surface area contributed by atoms with Crippen LogP contribution in [0.1, 0.15) is 44.7 Å². The normalized spacial score (nSPS) is 29.2. The summed E-state index contributed by atoms with van der Waals surface area (Å²) in [5, 5.41) is 23.1. The van der Waals surface area contributed by atoms with E-state index in [1.54, 1.807) is 11.5 Å². The molecule has 154 valence electrons. The maximum Gasteiger partial charge on any atom is 0.322 e. The van der Waals surface area contributed by atoms with E-state index in [1.807, 2.05) is 6.92 Å². The summed E-state index contributed by atoms with van der Waals surface area (Å²) in [5.74, 6) is -3.72. The molecule has 2 amide bonds. The maximum atomic E-state index is 14.9. The second-order valence-electron chi connectivity index (χ2n) is 6.95. The third-order valence-corrected chi connectivity index (χ3v) is 5.44. The van der Waals surface area contributed by atoms with Gasteiger partial charge in [0.2, 0.25) is 11.8 Å². The molecule has 4 N–H and O–H groups in total. The van der Waals surface area contributed by atoms with Gasteiger partial charge in [-0.15, -0.1) is 0 Å². The fourth-order valence-electron chi connectivity index (χ4n) is 3.90. The number of hydrogen-bond donors (Lipinski definition) is 3. The number of pyridine rings is 1. The number of hydroxylamine groups is 4. The van der Waals surface area contributed by atoms with E-state index in [4.69, 9.17) is 5.73 Å². The van der Waals surface area contributed by atoms with Gasteiger partial charge >= 0.3 is 5.91 Å². The van der Waals surface area contributed by atoms with E-state index in [9.17, 15) is 29.2 Å². The summed E-state index contributed by atoms with van der Waals surface area (Å²) in [6, 6.07) is 2.99. The highest BCUT2D eigenvalue weighted by Gasteiger charge is 2.67. The molecule has 4 unspecified atom stereocenters. The zero-order chi connectivity index (χ0) is 20.9. The molecule has 1 saturated heterocycles. The summed E-state index contributed by atoms with van der Waals surface area (Å²) in [7, 11) is 0. The van der Waals surface area contributed by atoms with Gasteiger partial charge in [0.25, 0.3) is 5.91 Å². The summed E-state index contributed by atoms with van der Waals surface area (Å²) in [6.45, 7) is 1.83. The second-order valence-corrected chi connectivity index (χ2v) is 6.95. The molecular formula is C18H25FN4O5. The predicted molar refractivity (Wildman–Crippen MR) is 95.7 cm³/mol. The van der Waals surface area contributed by atoms with E-state index in [2.05, 4.69) is 4.98 Å². The lowest BCUT2D eigenvalue weighted by Gasteiger charge is -2.50. The number of nitrogens with two attached hydrogens (primary N) is 1. The fourth-order valence-corrected chi connectivity index (χ4v) is 3.90. The molecular weight excluding hydrogens is 371 g/mol. The Morgan fingerprint density at radius 1 is 1.57 bits per heavy atom. The first-order chi connectivity index (χ1) is 13.3. The number of amides is 2. The molecule has 2 rings (SSSR count). The lowest BCUT2D eigenvalue weighted by molar-refractivity contribution is -0.882. The Balaban J connectivity index is 2.63. The van der Waals surface area contributed by atoms with Crippen LogP contribution in [-0.4, -0.2) is 45.3 Å². The minimum Gasteiger partial charge on any atom is -0.622 e. The number of aromatic nitrogens is 1. The van der Waals surface area contributed by atoms with Crippen LogP contribution in [0.4, 0.5) is 4.39 Å². The molecule has 2 heterocycles. The van der Waals surface area contributed by atoms with Crippen molar-refractivity contribution >= 4 is 18.1 Å². The van der Waals surface area contributed by atoms with Crippen LogP contribution >= 0.6 is 0 Å². The van der Waals surface area contributed by atoms with Crippen molar-refractivity contribution in [1.29, 1.82) is 0 Å². The summed E-state index contributed by atoms with van der Waals surface area (Å²) in [5.41, 5.74) is 4.89. The number of rotatable bonds is 9. The summed E-state index contributed by atoms with van der Waals surface area (Å²) >= 11 is 0. The van der Waals surface area contributed by atoms with E-state index in [1.165, 1.54) is 18.3 Å². The van der Waals surface area contributed by atoms with Crippen LogP contribution in [0, 0.1) is 11.1 Å². The molecule has 0 saturated carbocycles. The molecule has 1 aliphatic heterocycles. The molecule has 0 bridgehead atoms. The van der Waals surface area contributed by atoms with E-state index >= 15 is 0 Å². The average Bonchev–Trinajstić information content (AvgIpc) is 2.98. The highest BCUT2D eigenvalue weighted by atomic mass is 19.1. The predicted octanol–water partition coefficient (Wildman–Crippen LogP) is 1.05. The lowest BCUT2D eigenvalue weighted by Crippen LogP contribution is -2.68. The third kappa shape index (κ3) is 3.32. The molecule has 1 aromatic heterocycles. The van der Waals surface area contributed by atoms with E-state index in [-0.39, 0.29) is 31.2 Å². The number of nitrogens with one attached hydrogen (secondary N) is 1. The van der Waals surface area contributed by atoms with Crippen molar-refractivity contribution < 1.29 is 28.6 Å². The Bertz CT molecular complexity index is 721. The first kappa shape index (κ1) is 22.0. The highest BCUT2D eigenvalue weighted by molar-refractivity contribution is 5.89. The summed E-state index contributed by atoms with van der Waals surface area (Å²) < 4.78 is 12.8. The number of hydrogen-bond acceptors (Lipinski definition) is 7. The number of aldehydes is 1. The Labute approximate surface area is 161 Å². The smallest absolute Gasteiger partial charge is 0.322 e. The molecule has 9 nitrogen and oxygen atoms in total. The average molecular weight is 396 g/mol. The van der Waals surface area contributed by atoms with Crippen LogP contribution in [-0.2, 0) is 19.9 Å². The van der Waals surface area contributed by atoms with Crippen LogP contribution in [0.25, 0.3) is 0 Å². The fraction of sp³-hybridized carbons (Fsp3) is 0.556. The number of nitrogens with zero attached hydrogens (tertiary/aromatic N) is 2. The van der Waals surface area contributed by atoms with Crippen LogP contribution in [0.5, 0.6) is 0 Å². The van der Waals surface area contributed by atoms with Crippen LogP contribution in [0.2, 0.25) is 0 Å². The first-order valence-electron chi connectivity index (χ1n) is 9.15. The maximum absolute atomic E-state index is 14.9. The van der Waals surface area contributed by atoms with Crippen molar-refractivity contribution in [3.05, 3.63) is 35.3 Å². The van der Waals surface area contributed by atoms with Gasteiger partial charge in [-0.25, -0.2) is 4.79 Å². The van der Waals surface area contributed by atoms with Crippen molar-refractivity contribution in [1.82, 2.24) is 10.5 Å². The number of unbranched alkanes of at least 4 members (excludes halogenated alkanes) is 1. The molecule has 0 radical (unpaired) electrons. The van der Waals surface area contributed by atoms with Crippen LogP contribution in [0.15, 0.2) is 24.4 Å². The topological polar surface area (TPSA) is 145 Å². The molecule has 0 aliphatic carbocycles. The van der Waals surface area contributed by atoms with Crippen LogP contribution < -0.4 is 11.2 Å². The van der Waals surface area contributed by atoms with E-state index in [0.29, 0.717) is 12.8 Å². The first-order valence-corrected chi connectivity index (χ1v) is 9.15. The van der Waals surface area contributed by atoms with Gasteiger partial charge in [-0.05, 0) is 18.6 Å². The summed E-state index contributed by atoms with van der Waals surface area (Å²) in [6.07, 6.45) is -0.178. The monoisotopic (exact) mass is 396 g/mol. The Morgan fingerprint density at radius 3 is 2.79 bits per heavy atom. The van der Waals surface area contributed by atoms with Crippen molar-refractivity contribution in [2.24, 2.45) is 11.7 Å². The van der Waals surface area contributed by atoms with Gasteiger partial charge in [0.15, 0.2) is 0 Å². The van der Waals surface area contributed by atoms with Crippen molar-refractivity contribution in [2.75, 3.05) is 0 Å². The standard InChI is InChI=1S/C18H25FN4O5/c1-2-3-6-12(13(11-24)22-27)16(25)23(28)15(19)8-9-18(23,17(20)26)14-7-4-5-10-21-14/h4-5,7,10-13,15,22,27H,2-3,6,8-9H2,1H3,(H2,20,26)/t12-,13?,15?,18?,23?/m1/s1. The number of carbonyl (C=O) groups is 3. The number of carbonyl (C=O) groups excluding carboxylic acids is 3. The quantitative estimate of drug-likeness (QED) is 0.186. The number of likely N-dealkylation sites (tertiary alicyclic amines) is 1. The van der Waals surface area contributed by atoms with Gasteiger partial charge in [-0.3, -0.25) is 14.4 Å². The van der Waals surface area contributed by atoms with Crippen molar-refractivity contribution in [3.8, 4) is 0 Å². The Kier molecular flexibility index (Phi) is 6.94. The number of halogens is 1. The molecule has 1 aromatic rings. The molecule has 1 aliphatic rings. The number of quaternary nitrogens is 1. The van der Waals surface area contributed by atoms with Gasteiger partial charge < -0.3 is 20.9 Å². The van der Waals surface area contributed by atoms with Gasteiger partial charge in [0.05, 0.1) is 5.92 Å². The SMILES string of the molecule is CCCC[C@@H](C(=O)[N+]1([O-])C(F)CCC1(C(N)=O)c1ccccn1)C(C=O)NO. The minimum absolute atomic E-state index is 0.0539. The molecule has 5 atom stereocenters. The van der Waals surface area contributed by atoms with Gasteiger partial charge in [0.1, 0.15) is 18.0 Å².